The van der Waals surface area contributed by atoms with E-state index in [0.29, 0.717) is 12.2 Å². The van der Waals surface area contributed by atoms with Gasteiger partial charge in [0.25, 0.3) is 5.69 Å². The Morgan fingerprint density at radius 1 is 1.33 bits per heavy atom. The molecule has 0 spiro atoms. The fraction of sp³-hybridized carbons (Fsp3) is 0.250. The quantitative estimate of drug-likeness (QED) is 0.665. The molecule has 7 heteroatoms. The van der Waals surface area contributed by atoms with E-state index in [9.17, 15) is 10.1 Å². The summed E-state index contributed by atoms with van der Waals surface area (Å²) in [5.74, 6) is 1.03. The van der Waals surface area contributed by atoms with Gasteiger partial charge < -0.3 is 10.2 Å². The normalized spacial score (nSPS) is 16.9. The highest BCUT2D eigenvalue weighted by atomic mass is 16.6. The summed E-state index contributed by atoms with van der Waals surface area (Å²) in [6.45, 7) is 4.75. The molecule has 2 aliphatic rings. The van der Waals surface area contributed by atoms with Gasteiger partial charge in [0.05, 0.1) is 17.3 Å². The maximum atomic E-state index is 11.4. The zero-order valence-electron chi connectivity index (χ0n) is 15.1. The third-order valence-electron chi connectivity index (χ3n) is 4.85. The number of hydrogen-bond acceptors (Lipinski definition) is 6. The molecule has 0 unspecified atom stereocenters. The molecule has 2 aromatic rings. The fourth-order valence-corrected chi connectivity index (χ4v) is 3.54. The fourth-order valence-electron chi connectivity index (χ4n) is 3.54. The van der Waals surface area contributed by atoms with Gasteiger partial charge in [-0.3, -0.25) is 20.0 Å². The van der Waals surface area contributed by atoms with Crippen LogP contribution in [0.25, 0.3) is 0 Å². The van der Waals surface area contributed by atoms with Gasteiger partial charge in [0, 0.05) is 49.2 Å². The molecule has 0 fully saturated rings. The van der Waals surface area contributed by atoms with E-state index < -0.39 is 0 Å². The van der Waals surface area contributed by atoms with Crippen molar-refractivity contribution in [2.75, 3.05) is 24.7 Å². The molecule has 2 aliphatic heterocycles. The second kappa shape index (κ2) is 7.20. The van der Waals surface area contributed by atoms with Gasteiger partial charge in [0.1, 0.15) is 5.82 Å². The van der Waals surface area contributed by atoms with E-state index in [2.05, 4.69) is 38.3 Å². The molecule has 0 radical (unpaired) electrons. The Balaban J connectivity index is 1.68. The molecule has 1 N–H and O–H groups in total. The van der Waals surface area contributed by atoms with Crippen molar-refractivity contribution < 1.29 is 4.92 Å². The first kappa shape index (κ1) is 17.2. The lowest BCUT2D eigenvalue weighted by atomic mass is 10.1. The van der Waals surface area contributed by atoms with Gasteiger partial charge in [0.15, 0.2) is 0 Å². The van der Waals surface area contributed by atoms with Crippen molar-refractivity contribution in [1.29, 1.82) is 0 Å². The minimum atomic E-state index is -0.320. The van der Waals surface area contributed by atoms with Crippen LogP contribution in [0.4, 0.5) is 11.4 Å². The second-order valence-corrected chi connectivity index (χ2v) is 6.80. The van der Waals surface area contributed by atoms with Gasteiger partial charge in [0.2, 0.25) is 0 Å². The van der Waals surface area contributed by atoms with Crippen LogP contribution in [0.3, 0.4) is 0 Å². The lowest BCUT2D eigenvalue weighted by molar-refractivity contribution is -0.385. The minimum absolute atomic E-state index is 0.144. The molecular weight excluding hydrogens is 342 g/mol. The number of dihydropyridines is 1. The Kier molecular flexibility index (Phi) is 4.60. The first-order chi connectivity index (χ1) is 13.1. The smallest absolute Gasteiger partial charge is 0.274 e. The van der Waals surface area contributed by atoms with Gasteiger partial charge in [-0.2, -0.15) is 0 Å². The molecule has 0 amide bonds. The standard InChI is InChI=1S/C20H21N5O2/c1-15-6-7-18(10-19(15)25(26)27)24-14-23(12-16-4-2-8-21-11-16)13-17-5-3-9-22-20(17)24/h2-8,10-11,22H,9,12-14H2,1H3. The molecule has 4 rings (SSSR count). The Morgan fingerprint density at radius 3 is 3.00 bits per heavy atom. The number of rotatable bonds is 4. The number of hydrogen-bond donors (Lipinski definition) is 1. The first-order valence-electron chi connectivity index (χ1n) is 8.89. The molecule has 138 valence electrons. The summed E-state index contributed by atoms with van der Waals surface area (Å²) in [7, 11) is 0. The third kappa shape index (κ3) is 3.54. The van der Waals surface area contributed by atoms with E-state index in [1.54, 1.807) is 19.2 Å². The van der Waals surface area contributed by atoms with E-state index in [1.165, 1.54) is 5.57 Å². The van der Waals surface area contributed by atoms with Crippen molar-refractivity contribution in [2.45, 2.75) is 13.5 Å². The van der Waals surface area contributed by atoms with Crippen molar-refractivity contribution in [3.63, 3.8) is 0 Å². The van der Waals surface area contributed by atoms with Crippen molar-refractivity contribution in [2.24, 2.45) is 0 Å². The molecule has 7 nitrogen and oxygen atoms in total. The van der Waals surface area contributed by atoms with Crippen molar-refractivity contribution in [1.82, 2.24) is 15.2 Å². The highest BCUT2D eigenvalue weighted by Crippen LogP contribution is 2.31. The molecule has 0 aliphatic carbocycles. The van der Waals surface area contributed by atoms with Crippen LogP contribution in [0, 0.1) is 17.0 Å². The molecule has 27 heavy (non-hydrogen) atoms. The highest BCUT2D eigenvalue weighted by molar-refractivity contribution is 5.61. The van der Waals surface area contributed by atoms with Crippen LogP contribution < -0.4 is 10.2 Å². The number of anilines is 1. The van der Waals surface area contributed by atoms with Crippen LogP contribution in [0.1, 0.15) is 11.1 Å². The lowest BCUT2D eigenvalue weighted by Crippen LogP contribution is -2.48. The molecule has 1 aromatic carbocycles. The van der Waals surface area contributed by atoms with E-state index >= 15 is 0 Å². The monoisotopic (exact) mass is 363 g/mol. The van der Waals surface area contributed by atoms with Crippen LogP contribution in [-0.2, 0) is 6.54 Å². The first-order valence-corrected chi connectivity index (χ1v) is 8.89. The number of benzene rings is 1. The van der Waals surface area contributed by atoms with Crippen molar-refractivity contribution in [3.8, 4) is 0 Å². The van der Waals surface area contributed by atoms with Crippen LogP contribution in [-0.4, -0.2) is 34.6 Å². The zero-order chi connectivity index (χ0) is 18.8. The largest absolute Gasteiger partial charge is 0.368 e. The van der Waals surface area contributed by atoms with Crippen LogP contribution in [0.15, 0.2) is 66.3 Å². The van der Waals surface area contributed by atoms with E-state index in [1.807, 2.05) is 24.4 Å². The maximum Gasteiger partial charge on any atom is 0.274 e. The van der Waals surface area contributed by atoms with Gasteiger partial charge in [-0.25, -0.2) is 0 Å². The molecular formula is C20H21N5O2. The molecule has 0 saturated carbocycles. The Morgan fingerprint density at radius 2 is 2.22 bits per heavy atom. The predicted molar refractivity (Wildman–Crippen MR) is 104 cm³/mol. The summed E-state index contributed by atoms with van der Waals surface area (Å²) in [6, 6.07) is 9.42. The van der Waals surface area contributed by atoms with Gasteiger partial charge in [-0.05, 0) is 24.6 Å². The summed E-state index contributed by atoms with van der Waals surface area (Å²) < 4.78 is 0. The molecule has 0 saturated heterocycles. The zero-order valence-corrected chi connectivity index (χ0v) is 15.1. The van der Waals surface area contributed by atoms with Gasteiger partial charge >= 0.3 is 0 Å². The molecule has 0 bridgehead atoms. The summed E-state index contributed by atoms with van der Waals surface area (Å²) in [6.07, 6.45) is 7.88. The maximum absolute atomic E-state index is 11.4. The van der Waals surface area contributed by atoms with Crippen LogP contribution in [0.5, 0.6) is 0 Å². The highest BCUT2D eigenvalue weighted by Gasteiger charge is 2.27. The average molecular weight is 363 g/mol. The van der Waals surface area contributed by atoms with Crippen molar-refractivity contribution >= 4 is 11.4 Å². The Labute approximate surface area is 157 Å². The van der Waals surface area contributed by atoms with E-state index in [4.69, 9.17) is 0 Å². The molecule has 1 aromatic heterocycles. The number of aromatic nitrogens is 1. The van der Waals surface area contributed by atoms with Crippen LogP contribution >= 0.6 is 0 Å². The second-order valence-electron chi connectivity index (χ2n) is 6.80. The number of nitro groups is 1. The number of nitrogens with zero attached hydrogens (tertiary/aromatic N) is 4. The third-order valence-corrected chi connectivity index (χ3v) is 4.85. The van der Waals surface area contributed by atoms with Crippen molar-refractivity contribution in [3.05, 3.63) is 87.5 Å². The Bertz CT molecular complexity index is 923. The molecule has 3 heterocycles. The minimum Gasteiger partial charge on any atom is -0.368 e. The lowest BCUT2D eigenvalue weighted by Gasteiger charge is -2.40. The SMILES string of the molecule is Cc1ccc(N2CN(Cc3cccnc3)CC3=C2NCC=C3)cc1[N+](=O)[O-]. The summed E-state index contributed by atoms with van der Waals surface area (Å²) in [4.78, 5) is 19.7. The number of nitrogens with one attached hydrogen (secondary N) is 1. The van der Waals surface area contributed by atoms with E-state index in [0.717, 1.165) is 36.7 Å². The van der Waals surface area contributed by atoms with E-state index in [-0.39, 0.29) is 10.6 Å². The van der Waals surface area contributed by atoms with Gasteiger partial charge in [-0.15, -0.1) is 0 Å². The number of nitro benzene ring substituents is 1. The van der Waals surface area contributed by atoms with Gasteiger partial charge in [-0.1, -0.05) is 24.3 Å². The van der Waals surface area contributed by atoms with Crippen LogP contribution in [0.2, 0.25) is 0 Å². The predicted octanol–water partition coefficient (Wildman–Crippen LogP) is 2.95. The molecule has 0 atom stereocenters. The average Bonchev–Trinajstić information content (AvgIpc) is 2.68. The summed E-state index contributed by atoms with van der Waals surface area (Å²) in [5, 5.41) is 14.8. The summed E-state index contributed by atoms with van der Waals surface area (Å²) >= 11 is 0. The topological polar surface area (TPSA) is 74.5 Å². The number of pyridine rings is 1. The summed E-state index contributed by atoms with van der Waals surface area (Å²) in [5.41, 5.74) is 3.95. The Hall–Kier alpha value is -3.19. The number of aryl methyl sites for hydroxylation is 1.